The molecule has 15 heavy (non-hydrogen) atoms. The second-order valence-corrected chi connectivity index (χ2v) is 3.09. The molecule has 1 heterocycles. The number of nitrogens with zero attached hydrogens (tertiary/aromatic N) is 1. The summed E-state index contributed by atoms with van der Waals surface area (Å²) in [7, 11) is 1.33. The molecule has 0 spiro atoms. The smallest absolute Gasteiger partial charge is 0.356 e. The molecule has 0 saturated carbocycles. The van der Waals surface area contributed by atoms with Gasteiger partial charge in [-0.2, -0.15) is 0 Å². The molecule has 0 fully saturated rings. The summed E-state index contributed by atoms with van der Waals surface area (Å²) in [6.45, 7) is 5.62. The molecular formula is C11H14N2O2. The number of hydrogen-bond donors (Lipinski definition) is 1. The van der Waals surface area contributed by atoms with Gasteiger partial charge in [0.25, 0.3) is 0 Å². The first-order valence-corrected chi connectivity index (χ1v) is 4.61. The van der Waals surface area contributed by atoms with Crippen LogP contribution in [0.1, 0.15) is 17.4 Å². The number of aromatic nitrogens is 1. The van der Waals surface area contributed by atoms with Gasteiger partial charge in [-0.1, -0.05) is 6.08 Å². The summed E-state index contributed by atoms with van der Waals surface area (Å²) < 4.78 is 4.57. The maximum Gasteiger partial charge on any atom is 0.356 e. The van der Waals surface area contributed by atoms with Crippen molar-refractivity contribution >= 4 is 11.7 Å². The Morgan fingerprint density at radius 2 is 2.47 bits per heavy atom. The van der Waals surface area contributed by atoms with Crippen LogP contribution >= 0.6 is 0 Å². The fourth-order valence-corrected chi connectivity index (χ4v) is 1.06. The van der Waals surface area contributed by atoms with Crippen LogP contribution in [-0.4, -0.2) is 24.1 Å². The van der Waals surface area contributed by atoms with Gasteiger partial charge < -0.3 is 10.1 Å². The van der Waals surface area contributed by atoms with Crippen molar-refractivity contribution in [2.24, 2.45) is 0 Å². The Bertz CT molecular complexity index is 363. The van der Waals surface area contributed by atoms with E-state index in [1.54, 1.807) is 24.4 Å². The summed E-state index contributed by atoms with van der Waals surface area (Å²) in [6, 6.07) is 3.57. The molecule has 4 nitrogen and oxygen atoms in total. The number of ether oxygens (including phenoxy) is 1. The number of rotatable bonds is 4. The van der Waals surface area contributed by atoms with Crippen LogP contribution in [-0.2, 0) is 4.74 Å². The van der Waals surface area contributed by atoms with Crippen LogP contribution in [0.5, 0.6) is 0 Å². The predicted octanol–water partition coefficient (Wildman–Crippen LogP) is 1.85. The Kier molecular flexibility index (Phi) is 3.85. The Balaban J connectivity index is 2.83. The number of methoxy groups -OCH3 is 1. The Morgan fingerprint density at radius 1 is 1.73 bits per heavy atom. The highest BCUT2D eigenvalue weighted by Gasteiger charge is 2.07. The van der Waals surface area contributed by atoms with Crippen LogP contribution in [0.2, 0.25) is 0 Å². The third kappa shape index (κ3) is 3.09. The first-order chi connectivity index (χ1) is 7.17. The number of carbonyl (C=O) groups is 1. The molecule has 0 amide bonds. The minimum absolute atomic E-state index is 0.137. The van der Waals surface area contributed by atoms with Crippen molar-refractivity contribution in [2.45, 2.75) is 13.0 Å². The zero-order chi connectivity index (χ0) is 11.3. The lowest BCUT2D eigenvalue weighted by Gasteiger charge is -2.10. The van der Waals surface area contributed by atoms with E-state index in [0.717, 1.165) is 5.69 Å². The molecule has 0 aliphatic heterocycles. The molecule has 0 aliphatic carbocycles. The van der Waals surface area contributed by atoms with Gasteiger partial charge in [-0.3, -0.25) is 0 Å². The largest absolute Gasteiger partial charge is 0.464 e. The highest BCUT2D eigenvalue weighted by Crippen LogP contribution is 2.10. The molecule has 0 aliphatic rings. The van der Waals surface area contributed by atoms with Crippen LogP contribution in [0.4, 0.5) is 5.69 Å². The van der Waals surface area contributed by atoms with Crippen molar-refractivity contribution in [3.05, 3.63) is 36.7 Å². The van der Waals surface area contributed by atoms with Gasteiger partial charge in [0.1, 0.15) is 5.69 Å². The molecule has 1 atom stereocenters. The summed E-state index contributed by atoms with van der Waals surface area (Å²) in [5, 5.41) is 3.15. The molecule has 0 bridgehead atoms. The molecule has 1 rings (SSSR count). The summed E-state index contributed by atoms with van der Waals surface area (Å²) in [4.78, 5) is 15.1. The summed E-state index contributed by atoms with van der Waals surface area (Å²) in [6.07, 6.45) is 3.34. The van der Waals surface area contributed by atoms with E-state index in [2.05, 4.69) is 21.6 Å². The molecule has 1 aromatic rings. The number of pyridine rings is 1. The third-order valence-corrected chi connectivity index (χ3v) is 1.90. The number of esters is 1. The summed E-state index contributed by atoms with van der Waals surface area (Å²) in [5.41, 5.74) is 1.11. The molecule has 80 valence electrons. The minimum Gasteiger partial charge on any atom is -0.464 e. The average molecular weight is 206 g/mol. The van der Waals surface area contributed by atoms with Crippen molar-refractivity contribution in [1.82, 2.24) is 4.98 Å². The topological polar surface area (TPSA) is 51.2 Å². The molecule has 0 saturated heterocycles. The predicted molar refractivity (Wildman–Crippen MR) is 58.9 cm³/mol. The lowest BCUT2D eigenvalue weighted by Crippen LogP contribution is -2.12. The zero-order valence-electron chi connectivity index (χ0n) is 8.86. The molecule has 1 N–H and O–H groups in total. The second kappa shape index (κ2) is 5.14. The quantitative estimate of drug-likeness (QED) is 0.603. The molecule has 1 aromatic heterocycles. The van der Waals surface area contributed by atoms with Crippen LogP contribution in [0, 0.1) is 0 Å². The van der Waals surface area contributed by atoms with Crippen molar-refractivity contribution in [1.29, 1.82) is 0 Å². The third-order valence-electron chi connectivity index (χ3n) is 1.90. The van der Waals surface area contributed by atoms with E-state index >= 15 is 0 Å². The van der Waals surface area contributed by atoms with Crippen LogP contribution < -0.4 is 5.32 Å². The van der Waals surface area contributed by atoms with Gasteiger partial charge >= 0.3 is 5.97 Å². The highest BCUT2D eigenvalue weighted by atomic mass is 16.5. The molecule has 1 unspecified atom stereocenters. The van der Waals surface area contributed by atoms with Gasteiger partial charge in [0, 0.05) is 17.9 Å². The van der Waals surface area contributed by atoms with Crippen LogP contribution in [0.15, 0.2) is 31.0 Å². The zero-order valence-corrected chi connectivity index (χ0v) is 8.86. The Hall–Kier alpha value is -1.84. The summed E-state index contributed by atoms with van der Waals surface area (Å²) >= 11 is 0. The van der Waals surface area contributed by atoms with E-state index in [1.165, 1.54) is 7.11 Å². The van der Waals surface area contributed by atoms with E-state index < -0.39 is 5.97 Å². The van der Waals surface area contributed by atoms with Gasteiger partial charge in [0.2, 0.25) is 0 Å². The van der Waals surface area contributed by atoms with Gasteiger partial charge in [0.05, 0.1) is 7.11 Å². The van der Waals surface area contributed by atoms with E-state index in [-0.39, 0.29) is 6.04 Å². The molecule has 0 aromatic carbocycles. The fraction of sp³-hybridized carbons (Fsp3) is 0.273. The Morgan fingerprint density at radius 3 is 3.07 bits per heavy atom. The van der Waals surface area contributed by atoms with Gasteiger partial charge in [-0.25, -0.2) is 9.78 Å². The second-order valence-electron chi connectivity index (χ2n) is 3.09. The Labute approximate surface area is 89.0 Å². The maximum atomic E-state index is 11.2. The monoisotopic (exact) mass is 206 g/mol. The number of carbonyl (C=O) groups excluding carboxylic acids is 1. The van der Waals surface area contributed by atoms with Crippen LogP contribution in [0.25, 0.3) is 0 Å². The van der Waals surface area contributed by atoms with Gasteiger partial charge in [0.15, 0.2) is 0 Å². The van der Waals surface area contributed by atoms with Gasteiger partial charge in [-0.05, 0) is 19.1 Å². The van der Waals surface area contributed by atoms with Gasteiger partial charge in [-0.15, -0.1) is 6.58 Å². The van der Waals surface area contributed by atoms with E-state index in [0.29, 0.717) is 5.69 Å². The number of nitrogens with one attached hydrogen (secondary N) is 1. The van der Waals surface area contributed by atoms with Crippen molar-refractivity contribution in [3.63, 3.8) is 0 Å². The lowest BCUT2D eigenvalue weighted by molar-refractivity contribution is 0.0594. The molecule has 4 heteroatoms. The first-order valence-electron chi connectivity index (χ1n) is 4.61. The van der Waals surface area contributed by atoms with Crippen molar-refractivity contribution in [2.75, 3.05) is 12.4 Å². The molecular weight excluding hydrogens is 192 g/mol. The van der Waals surface area contributed by atoms with E-state index in [9.17, 15) is 4.79 Å². The van der Waals surface area contributed by atoms with Crippen LogP contribution in [0.3, 0.4) is 0 Å². The first kappa shape index (κ1) is 11.2. The number of hydrogen-bond acceptors (Lipinski definition) is 4. The number of anilines is 1. The normalized spacial score (nSPS) is 11.6. The highest BCUT2D eigenvalue weighted by molar-refractivity contribution is 5.88. The van der Waals surface area contributed by atoms with Crippen molar-refractivity contribution < 1.29 is 9.53 Å². The van der Waals surface area contributed by atoms with E-state index in [1.807, 2.05) is 6.92 Å². The SMILES string of the molecule is C=CC(C)Nc1ccnc(C(=O)OC)c1. The molecule has 0 radical (unpaired) electrons. The maximum absolute atomic E-state index is 11.2. The van der Waals surface area contributed by atoms with E-state index in [4.69, 9.17) is 0 Å². The minimum atomic E-state index is -0.440. The summed E-state index contributed by atoms with van der Waals surface area (Å²) in [5.74, 6) is -0.440. The lowest BCUT2D eigenvalue weighted by atomic mass is 10.2. The fourth-order valence-electron chi connectivity index (χ4n) is 1.06. The average Bonchev–Trinajstić information content (AvgIpc) is 2.28. The standard InChI is InChI=1S/C11H14N2O2/c1-4-8(2)13-9-5-6-12-10(7-9)11(14)15-3/h4-8H,1H2,2-3H3,(H,12,13). The van der Waals surface area contributed by atoms with Crippen molar-refractivity contribution in [3.8, 4) is 0 Å².